The number of ether oxygens (including phenoxy) is 2. The minimum absolute atomic E-state index is 0.337. The van der Waals surface area contributed by atoms with Gasteiger partial charge in [0, 0.05) is 55.8 Å². The number of rotatable bonds is 12. The SMILES string of the molecule is CC(COCCN)NC1CCC(Cc2cc(-c3cccc(NCC4(C#N)CCOCC4)n3)c(Cl)cn2)CC1. The summed E-state index contributed by atoms with van der Waals surface area (Å²) < 4.78 is 11.0. The summed E-state index contributed by atoms with van der Waals surface area (Å²) in [7, 11) is 0. The highest BCUT2D eigenvalue weighted by atomic mass is 35.5. The number of nitriles is 1. The maximum absolute atomic E-state index is 9.74. The van der Waals surface area contributed by atoms with Gasteiger partial charge in [0.15, 0.2) is 0 Å². The molecule has 38 heavy (non-hydrogen) atoms. The molecule has 0 bridgehead atoms. The first-order chi connectivity index (χ1) is 18.5. The van der Waals surface area contributed by atoms with E-state index in [1.54, 1.807) is 6.20 Å². The lowest BCUT2D eigenvalue weighted by atomic mass is 9.82. The van der Waals surface area contributed by atoms with Gasteiger partial charge in [-0.2, -0.15) is 5.26 Å². The van der Waals surface area contributed by atoms with E-state index in [1.807, 2.05) is 18.2 Å². The van der Waals surface area contributed by atoms with Gasteiger partial charge >= 0.3 is 0 Å². The van der Waals surface area contributed by atoms with Crippen molar-refractivity contribution in [1.82, 2.24) is 15.3 Å². The van der Waals surface area contributed by atoms with Gasteiger partial charge in [0.1, 0.15) is 5.82 Å². The molecule has 2 fully saturated rings. The standard InChI is InChI=1S/C29H41ClN6O2/c1-21(18-38-14-11-31)35-23-7-5-22(6-8-23)15-24-16-25(26(30)17-33-24)27-3-2-4-28(36-27)34-20-29(19-32)9-12-37-13-10-29/h2-4,16-17,21-23,35H,5-15,18,20,31H2,1H3,(H,34,36). The van der Waals surface area contributed by atoms with Crippen LogP contribution in [0.2, 0.25) is 5.02 Å². The number of aromatic nitrogens is 2. The zero-order valence-corrected chi connectivity index (χ0v) is 23.2. The molecular weight excluding hydrogens is 500 g/mol. The van der Waals surface area contributed by atoms with Crippen LogP contribution in [0.1, 0.15) is 51.1 Å². The molecule has 4 rings (SSSR count). The van der Waals surface area contributed by atoms with E-state index in [-0.39, 0.29) is 0 Å². The van der Waals surface area contributed by atoms with Crippen molar-refractivity contribution in [2.45, 2.75) is 64.0 Å². The maximum atomic E-state index is 9.74. The van der Waals surface area contributed by atoms with E-state index in [0.717, 1.165) is 54.9 Å². The Morgan fingerprint density at radius 1 is 1.26 bits per heavy atom. The molecule has 8 nitrogen and oxygen atoms in total. The van der Waals surface area contributed by atoms with Gasteiger partial charge in [-0.15, -0.1) is 0 Å². The van der Waals surface area contributed by atoms with Crippen LogP contribution in [-0.4, -0.2) is 61.6 Å². The fourth-order valence-electron chi connectivity index (χ4n) is 5.45. The van der Waals surface area contributed by atoms with Crippen LogP contribution < -0.4 is 16.4 Å². The number of anilines is 1. The molecule has 1 saturated carbocycles. The molecule has 2 aromatic rings. The van der Waals surface area contributed by atoms with Crippen molar-refractivity contribution in [2.24, 2.45) is 17.1 Å². The van der Waals surface area contributed by atoms with Gasteiger partial charge in [-0.1, -0.05) is 17.7 Å². The number of halogens is 1. The summed E-state index contributed by atoms with van der Waals surface area (Å²) in [6.07, 6.45) is 8.84. The van der Waals surface area contributed by atoms with Crippen LogP contribution in [0.25, 0.3) is 11.3 Å². The Morgan fingerprint density at radius 2 is 2.05 bits per heavy atom. The molecule has 9 heteroatoms. The third-order valence-electron chi connectivity index (χ3n) is 7.73. The topological polar surface area (TPSA) is 118 Å². The Labute approximate surface area is 231 Å². The number of nitrogens with one attached hydrogen (secondary N) is 2. The second-order valence-corrected chi connectivity index (χ2v) is 11.2. The molecule has 2 aromatic heterocycles. The Morgan fingerprint density at radius 3 is 2.79 bits per heavy atom. The summed E-state index contributed by atoms with van der Waals surface area (Å²) in [4.78, 5) is 9.46. The van der Waals surface area contributed by atoms with Crippen molar-refractivity contribution < 1.29 is 9.47 Å². The molecule has 1 saturated heterocycles. The molecule has 2 aliphatic rings. The summed E-state index contributed by atoms with van der Waals surface area (Å²) in [5.41, 5.74) is 7.84. The molecule has 3 heterocycles. The number of pyridine rings is 2. The molecule has 1 unspecified atom stereocenters. The second-order valence-electron chi connectivity index (χ2n) is 10.8. The summed E-state index contributed by atoms with van der Waals surface area (Å²) in [6, 6.07) is 11.3. The van der Waals surface area contributed by atoms with Crippen molar-refractivity contribution in [2.75, 3.05) is 44.8 Å². The normalized spacial score (nSPS) is 21.9. The fourth-order valence-corrected chi connectivity index (χ4v) is 5.65. The van der Waals surface area contributed by atoms with Crippen molar-refractivity contribution in [3.05, 3.63) is 41.2 Å². The summed E-state index contributed by atoms with van der Waals surface area (Å²) in [6.45, 7) is 5.86. The predicted octanol–water partition coefficient (Wildman–Crippen LogP) is 4.58. The van der Waals surface area contributed by atoms with Crippen LogP contribution in [0.3, 0.4) is 0 Å². The molecule has 0 aromatic carbocycles. The van der Waals surface area contributed by atoms with E-state index in [9.17, 15) is 5.26 Å². The maximum Gasteiger partial charge on any atom is 0.126 e. The number of hydrogen-bond acceptors (Lipinski definition) is 8. The first-order valence-electron chi connectivity index (χ1n) is 13.9. The van der Waals surface area contributed by atoms with E-state index in [2.05, 4.69) is 34.7 Å². The molecule has 1 aliphatic heterocycles. The van der Waals surface area contributed by atoms with Gasteiger partial charge in [-0.3, -0.25) is 4.98 Å². The molecule has 1 atom stereocenters. The van der Waals surface area contributed by atoms with Gasteiger partial charge in [0.25, 0.3) is 0 Å². The number of nitrogens with zero attached hydrogens (tertiary/aromatic N) is 3. The lowest BCUT2D eigenvalue weighted by molar-refractivity contribution is 0.0455. The number of hydrogen-bond donors (Lipinski definition) is 3. The first kappa shape index (κ1) is 28.7. The van der Waals surface area contributed by atoms with Gasteiger partial charge in [-0.25, -0.2) is 4.98 Å². The highest BCUT2D eigenvalue weighted by Gasteiger charge is 2.32. The van der Waals surface area contributed by atoms with E-state index < -0.39 is 5.41 Å². The Hall–Kier alpha value is -2.28. The van der Waals surface area contributed by atoms with Crippen molar-refractivity contribution in [1.29, 1.82) is 5.26 Å². The minimum atomic E-state index is -0.414. The highest BCUT2D eigenvalue weighted by molar-refractivity contribution is 6.33. The van der Waals surface area contributed by atoms with Crippen molar-refractivity contribution in [3.63, 3.8) is 0 Å². The Kier molecular flexibility index (Phi) is 10.7. The lowest BCUT2D eigenvalue weighted by Gasteiger charge is -2.31. The molecule has 0 spiro atoms. The van der Waals surface area contributed by atoms with Crippen LogP contribution in [-0.2, 0) is 15.9 Å². The van der Waals surface area contributed by atoms with E-state index in [0.29, 0.717) is 62.5 Å². The number of nitrogens with two attached hydrogens (primary N) is 1. The lowest BCUT2D eigenvalue weighted by Crippen LogP contribution is -2.41. The van der Waals surface area contributed by atoms with Gasteiger partial charge < -0.3 is 25.8 Å². The Bertz CT molecular complexity index is 1060. The smallest absolute Gasteiger partial charge is 0.126 e. The average Bonchev–Trinajstić information content (AvgIpc) is 2.95. The predicted molar refractivity (Wildman–Crippen MR) is 151 cm³/mol. The monoisotopic (exact) mass is 540 g/mol. The first-order valence-corrected chi connectivity index (χ1v) is 14.3. The van der Waals surface area contributed by atoms with Crippen LogP contribution in [0.15, 0.2) is 30.5 Å². The van der Waals surface area contributed by atoms with Gasteiger partial charge in [0.2, 0.25) is 0 Å². The Balaban J connectivity index is 1.33. The van der Waals surface area contributed by atoms with Crippen LogP contribution in [0, 0.1) is 22.7 Å². The highest BCUT2D eigenvalue weighted by Crippen LogP contribution is 2.32. The molecule has 206 valence electrons. The van der Waals surface area contributed by atoms with E-state index in [4.69, 9.17) is 31.8 Å². The zero-order chi connectivity index (χ0) is 26.8. The van der Waals surface area contributed by atoms with Crippen molar-refractivity contribution >= 4 is 17.4 Å². The fraction of sp³-hybridized carbons (Fsp3) is 0.621. The third kappa shape index (κ3) is 8.11. The average molecular weight is 541 g/mol. The summed E-state index contributed by atoms with van der Waals surface area (Å²) >= 11 is 6.58. The van der Waals surface area contributed by atoms with Crippen molar-refractivity contribution in [3.8, 4) is 17.3 Å². The molecule has 0 radical (unpaired) electrons. The second kappa shape index (κ2) is 14.2. The largest absolute Gasteiger partial charge is 0.381 e. The van der Waals surface area contributed by atoms with Gasteiger partial charge in [-0.05, 0) is 76.0 Å². The minimum Gasteiger partial charge on any atom is -0.381 e. The zero-order valence-electron chi connectivity index (χ0n) is 22.4. The van der Waals surface area contributed by atoms with Gasteiger partial charge in [0.05, 0.1) is 35.4 Å². The molecule has 1 aliphatic carbocycles. The van der Waals surface area contributed by atoms with Crippen LogP contribution in [0.5, 0.6) is 0 Å². The van der Waals surface area contributed by atoms with E-state index >= 15 is 0 Å². The quantitative estimate of drug-likeness (QED) is 0.335. The molecule has 0 amide bonds. The molecular formula is C29H41ClN6O2. The molecule has 4 N–H and O–H groups in total. The van der Waals surface area contributed by atoms with Crippen LogP contribution >= 0.6 is 11.6 Å². The summed E-state index contributed by atoms with van der Waals surface area (Å²) in [5.74, 6) is 1.35. The summed E-state index contributed by atoms with van der Waals surface area (Å²) in [5, 5.41) is 17.4. The third-order valence-corrected chi connectivity index (χ3v) is 8.03. The van der Waals surface area contributed by atoms with Crippen LogP contribution in [0.4, 0.5) is 5.82 Å². The van der Waals surface area contributed by atoms with E-state index in [1.165, 1.54) is 12.8 Å².